The maximum atomic E-state index is 13.2. The van der Waals surface area contributed by atoms with Crippen LogP contribution in [0.1, 0.15) is 42.4 Å². The number of hydrogen-bond acceptors (Lipinski definition) is 6. The molecule has 28 heavy (non-hydrogen) atoms. The summed E-state index contributed by atoms with van der Waals surface area (Å²) < 4.78 is 10.6. The van der Waals surface area contributed by atoms with Crippen molar-refractivity contribution in [3.8, 4) is 11.5 Å². The maximum Gasteiger partial charge on any atom is 0.280 e. The Morgan fingerprint density at radius 2 is 1.86 bits per heavy atom. The van der Waals surface area contributed by atoms with Gasteiger partial charge in [0.15, 0.2) is 11.5 Å². The fourth-order valence-corrected chi connectivity index (χ4v) is 3.41. The van der Waals surface area contributed by atoms with Crippen molar-refractivity contribution < 1.29 is 19.2 Å². The maximum absolute atomic E-state index is 13.2. The normalized spacial score (nSPS) is 16.8. The largest absolute Gasteiger partial charge is 0.493 e. The number of nitro groups is 1. The van der Waals surface area contributed by atoms with E-state index in [4.69, 9.17) is 9.47 Å². The molecule has 0 unspecified atom stereocenters. The van der Waals surface area contributed by atoms with Crippen LogP contribution in [0.15, 0.2) is 36.4 Å². The Kier molecular flexibility index (Phi) is 5.39. The van der Waals surface area contributed by atoms with Gasteiger partial charge in [0.1, 0.15) is 6.17 Å². The van der Waals surface area contributed by atoms with E-state index in [1.165, 1.54) is 20.3 Å². The molecule has 1 amide bonds. The molecule has 0 aliphatic carbocycles. The van der Waals surface area contributed by atoms with E-state index >= 15 is 0 Å². The number of nitrogens with one attached hydrogen (secondary N) is 1. The Morgan fingerprint density at radius 3 is 2.46 bits per heavy atom. The molecule has 1 N–H and O–H groups in total. The number of hydrogen-bond donors (Lipinski definition) is 1. The van der Waals surface area contributed by atoms with E-state index in [0.29, 0.717) is 29.0 Å². The van der Waals surface area contributed by atoms with Crippen LogP contribution < -0.4 is 14.8 Å². The Balaban J connectivity index is 2.22. The second kappa shape index (κ2) is 7.75. The molecule has 0 radical (unpaired) electrons. The van der Waals surface area contributed by atoms with E-state index in [-0.39, 0.29) is 23.4 Å². The zero-order valence-electron chi connectivity index (χ0n) is 16.3. The number of fused-ring (bicyclic) bond motifs is 1. The smallest absolute Gasteiger partial charge is 0.280 e. The summed E-state index contributed by atoms with van der Waals surface area (Å²) in [6, 6.07) is 9.91. The zero-order valence-corrected chi connectivity index (χ0v) is 16.3. The standard InChI is InChI=1S/C20H23N3O5/c1-5-12(2)22-19(21-15-9-7-6-8-13(15)20(22)24)14-10-17(27-3)18(28-4)11-16(14)23(25)26/h6-12,19,21H,5H2,1-4H3/t12-,19+/m0/s1. The van der Waals surface area contributed by atoms with Crippen LogP contribution in [0.5, 0.6) is 11.5 Å². The third kappa shape index (κ3) is 3.21. The molecule has 0 bridgehead atoms. The van der Waals surface area contributed by atoms with Crippen molar-refractivity contribution in [2.24, 2.45) is 0 Å². The Morgan fingerprint density at radius 1 is 1.21 bits per heavy atom. The number of nitro benzene ring substituents is 1. The molecule has 2 aromatic rings. The number of benzene rings is 2. The average molecular weight is 385 g/mol. The summed E-state index contributed by atoms with van der Waals surface area (Å²) in [4.78, 5) is 26.2. The van der Waals surface area contributed by atoms with Gasteiger partial charge in [-0.2, -0.15) is 0 Å². The quantitative estimate of drug-likeness (QED) is 0.597. The molecule has 8 heteroatoms. The number of amides is 1. The number of ether oxygens (including phenoxy) is 2. The lowest BCUT2D eigenvalue weighted by molar-refractivity contribution is -0.386. The minimum atomic E-state index is -0.711. The molecule has 148 valence electrons. The van der Waals surface area contributed by atoms with Gasteiger partial charge in [-0.15, -0.1) is 0 Å². The number of nitrogens with zero attached hydrogens (tertiary/aromatic N) is 2. The summed E-state index contributed by atoms with van der Waals surface area (Å²) >= 11 is 0. The lowest BCUT2D eigenvalue weighted by Gasteiger charge is -2.41. The lowest BCUT2D eigenvalue weighted by Crippen LogP contribution is -2.47. The van der Waals surface area contributed by atoms with Crippen LogP contribution >= 0.6 is 0 Å². The molecule has 3 rings (SSSR count). The molecule has 0 aromatic heterocycles. The van der Waals surface area contributed by atoms with Gasteiger partial charge in [-0.25, -0.2) is 0 Å². The van der Waals surface area contributed by atoms with Gasteiger partial charge >= 0.3 is 0 Å². The van der Waals surface area contributed by atoms with Crippen molar-refractivity contribution in [2.45, 2.75) is 32.5 Å². The average Bonchev–Trinajstić information content (AvgIpc) is 2.71. The molecular formula is C20H23N3O5. The van der Waals surface area contributed by atoms with Crippen molar-refractivity contribution >= 4 is 17.3 Å². The van der Waals surface area contributed by atoms with Crippen molar-refractivity contribution in [1.29, 1.82) is 0 Å². The molecular weight excluding hydrogens is 362 g/mol. The molecule has 8 nitrogen and oxygen atoms in total. The molecule has 2 aromatic carbocycles. The predicted octanol–water partition coefficient (Wildman–Crippen LogP) is 3.98. The molecule has 2 atom stereocenters. The molecule has 0 saturated heterocycles. The van der Waals surface area contributed by atoms with Crippen molar-refractivity contribution in [1.82, 2.24) is 4.90 Å². The summed E-state index contributed by atoms with van der Waals surface area (Å²) in [6.07, 6.45) is -0.00903. The van der Waals surface area contributed by atoms with Crippen LogP contribution in [0.3, 0.4) is 0 Å². The first-order valence-corrected chi connectivity index (χ1v) is 9.01. The van der Waals surface area contributed by atoms with Crippen molar-refractivity contribution in [3.63, 3.8) is 0 Å². The third-order valence-electron chi connectivity index (χ3n) is 5.05. The van der Waals surface area contributed by atoms with Gasteiger partial charge in [0, 0.05) is 11.7 Å². The van der Waals surface area contributed by atoms with Crippen LogP contribution in [0.4, 0.5) is 11.4 Å². The van der Waals surface area contributed by atoms with Gasteiger partial charge in [0.2, 0.25) is 0 Å². The second-order valence-electron chi connectivity index (χ2n) is 6.59. The Hall–Kier alpha value is -3.29. The highest BCUT2D eigenvalue weighted by Gasteiger charge is 2.39. The highest BCUT2D eigenvalue weighted by Crippen LogP contribution is 2.42. The zero-order chi connectivity index (χ0) is 20.4. The number of carbonyl (C=O) groups is 1. The number of para-hydroxylation sites is 1. The van der Waals surface area contributed by atoms with Crippen LogP contribution in [-0.2, 0) is 0 Å². The minimum Gasteiger partial charge on any atom is -0.493 e. The van der Waals surface area contributed by atoms with Crippen LogP contribution in [0.2, 0.25) is 0 Å². The summed E-state index contributed by atoms with van der Waals surface area (Å²) in [5.41, 5.74) is 1.38. The van der Waals surface area contributed by atoms with Gasteiger partial charge in [-0.3, -0.25) is 14.9 Å². The van der Waals surface area contributed by atoms with Gasteiger partial charge in [0.05, 0.1) is 36.3 Å². The molecule has 1 aliphatic heterocycles. The van der Waals surface area contributed by atoms with Gasteiger partial charge in [-0.05, 0) is 31.5 Å². The number of rotatable bonds is 6. The van der Waals surface area contributed by atoms with Crippen molar-refractivity contribution in [2.75, 3.05) is 19.5 Å². The third-order valence-corrected chi connectivity index (χ3v) is 5.05. The first-order valence-electron chi connectivity index (χ1n) is 9.01. The Labute approximate surface area is 163 Å². The van der Waals surface area contributed by atoms with Gasteiger partial charge in [-0.1, -0.05) is 19.1 Å². The van der Waals surface area contributed by atoms with Crippen LogP contribution in [0.25, 0.3) is 0 Å². The van der Waals surface area contributed by atoms with E-state index in [0.717, 1.165) is 0 Å². The summed E-state index contributed by atoms with van der Waals surface area (Å²) in [6.45, 7) is 3.89. The van der Waals surface area contributed by atoms with E-state index in [2.05, 4.69) is 5.32 Å². The second-order valence-corrected chi connectivity index (χ2v) is 6.59. The lowest BCUT2D eigenvalue weighted by atomic mass is 9.99. The highest BCUT2D eigenvalue weighted by atomic mass is 16.6. The monoisotopic (exact) mass is 385 g/mol. The first kappa shape index (κ1) is 19.5. The van der Waals surface area contributed by atoms with Gasteiger partial charge in [0.25, 0.3) is 11.6 Å². The molecule has 1 aliphatic rings. The number of anilines is 1. The topological polar surface area (TPSA) is 93.9 Å². The SMILES string of the molecule is CC[C@H](C)N1C(=O)c2ccccc2N[C@H]1c1cc(OC)c(OC)cc1[N+](=O)[O-]. The van der Waals surface area contributed by atoms with Gasteiger partial charge < -0.3 is 19.7 Å². The summed E-state index contributed by atoms with van der Waals surface area (Å²) in [5.74, 6) is 0.452. The van der Waals surface area contributed by atoms with Crippen molar-refractivity contribution in [3.05, 3.63) is 57.6 Å². The molecule has 0 saturated carbocycles. The molecule has 0 fully saturated rings. The minimum absolute atomic E-state index is 0.133. The predicted molar refractivity (Wildman–Crippen MR) is 105 cm³/mol. The van der Waals surface area contributed by atoms with E-state index < -0.39 is 11.1 Å². The molecule has 0 spiro atoms. The fourth-order valence-electron chi connectivity index (χ4n) is 3.41. The van der Waals surface area contributed by atoms with E-state index in [1.54, 1.807) is 29.2 Å². The van der Waals surface area contributed by atoms with E-state index in [1.807, 2.05) is 19.9 Å². The summed E-state index contributed by atoms with van der Waals surface area (Å²) in [7, 11) is 2.89. The van der Waals surface area contributed by atoms with Crippen LogP contribution in [-0.4, -0.2) is 36.0 Å². The van der Waals surface area contributed by atoms with E-state index in [9.17, 15) is 14.9 Å². The fraction of sp³-hybridized carbons (Fsp3) is 0.350. The molecule has 1 heterocycles. The first-order chi connectivity index (χ1) is 13.4. The summed E-state index contributed by atoms with van der Waals surface area (Å²) in [5, 5.41) is 15.1. The highest BCUT2D eigenvalue weighted by molar-refractivity contribution is 6.02. The Bertz CT molecular complexity index is 915. The number of carbonyl (C=O) groups excluding carboxylic acids is 1. The van der Waals surface area contributed by atoms with Crippen LogP contribution in [0, 0.1) is 10.1 Å². The number of methoxy groups -OCH3 is 2.